The van der Waals surface area contributed by atoms with Crippen LogP contribution in [-0.2, 0) is 0 Å². The Morgan fingerprint density at radius 3 is 2.60 bits per heavy atom. The maximum Gasteiger partial charge on any atom is 0.331 e. The molecule has 0 fully saturated rings. The predicted molar refractivity (Wildman–Crippen MR) is 72.5 cm³/mol. The maximum atomic E-state index is 11.7. The number of amides is 2. The van der Waals surface area contributed by atoms with E-state index in [0.29, 0.717) is 11.3 Å². The van der Waals surface area contributed by atoms with E-state index in [1.54, 1.807) is 24.3 Å². The first-order chi connectivity index (χ1) is 9.70. The molecule has 1 aromatic carbocycles. The summed E-state index contributed by atoms with van der Waals surface area (Å²) in [6.45, 7) is 0.0999. The number of benzene rings is 1. The van der Waals surface area contributed by atoms with E-state index in [-0.39, 0.29) is 25.1 Å². The first-order valence-corrected chi connectivity index (χ1v) is 5.99. The molecule has 104 valence electrons. The van der Waals surface area contributed by atoms with Crippen molar-refractivity contribution in [2.75, 3.05) is 18.5 Å². The van der Waals surface area contributed by atoms with E-state index < -0.39 is 0 Å². The zero-order valence-electron chi connectivity index (χ0n) is 10.6. The lowest BCUT2D eigenvalue weighted by molar-refractivity contribution is 0.0945. The third-order valence-corrected chi connectivity index (χ3v) is 2.53. The van der Waals surface area contributed by atoms with Gasteiger partial charge in [0.05, 0.1) is 6.61 Å². The monoisotopic (exact) mass is 274 g/mol. The van der Waals surface area contributed by atoms with Crippen LogP contribution in [0.5, 0.6) is 0 Å². The quantitative estimate of drug-likeness (QED) is 0.764. The lowest BCUT2D eigenvalue weighted by atomic mass is 10.2. The largest absolute Gasteiger partial charge is 0.395 e. The number of aromatic nitrogens is 2. The van der Waals surface area contributed by atoms with Crippen LogP contribution in [0.1, 0.15) is 10.4 Å². The molecular formula is C13H14N4O3. The van der Waals surface area contributed by atoms with E-state index in [2.05, 4.69) is 15.6 Å². The normalized spacial score (nSPS) is 10.1. The van der Waals surface area contributed by atoms with Crippen molar-refractivity contribution in [1.29, 1.82) is 0 Å². The molecule has 7 nitrogen and oxygen atoms in total. The molecule has 20 heavy (non-hydrogen) atoms. The fourth-order valence-corrected chi connectivity index (χ4v) is 1.54. The minimum absolute atomic E-state index is 0.106. The second kappa shape index (κ2) is 6.48. The first kappa shape index (κ1) is 13.8. The van der Waals surface area contributed by atoms with Crippen molar-refractivity contribution in [3.63, 3.8) is 0 Å². The van der Waals surface area contributed by atoms with Crippen LogP contribution in [0, 0.1) is 0 Å². The number of hydrogen-bond acceptors (Lipinski definition) is 4. The molecule has 0 unspecified atom stereocenters. The molecule has 0 spiro atoms. The van der Waals surface area contributed by atoms with Gasteiger partial charge in [-0.2, -0.15) is 0 Å². The summed E-state index contributed by atoms with van der Waals surface area (Å²) >= 11 is 0. The van der Waals surface area contributed by atoms with Gasteiger partial charge in [-0.3, -0.25) is 9.36 Å². The molecule has 2 rings (SSSR count). The molecular weight excluding hydrogens is 260 g/mol. The second-order valence-corrected chi connectivity index (χ2v) is 3.96. The molecule has 0 saturated carbocycles. The Labute approximate surface area is 115 Å². The summed E-state index contributed by atoms with van der Waals surface area (Å²) < 4.78 is 1.31. The fourth-order valence-electron chi connectivity index (χ4n) is 1.54. The predicted octanol–water partition coefficient (Wildman–Crippen LogP) is 0.685. The molecule has 0 aliphatic carbocycles. The number of aliphatic hydroxyl groups is 1. The van der Waals surface area contributed by atoms with Crippen LogP contribution in [0.4, 0.5) is 10.5 Å². The Kier molecular flexibility index (Phi) is 4.46. The van der Waals surface area contributed by atoms with Gasteiger partial charge in [-0.1, -0.05) is 0 Å². The Morgan fingerprint density at radius 1 is 1.25 bits per heavy atom. The minimum atomic E-state index is -0.333. The third-order valence-electron chi connectivity index (χ3n) is 2.53. The first-order valence-electron chi connectivity index (χ1n) is 5.99. The van der Waals surface area contributed by atoms with Crippen molar-refractivity contribution >= 4 is 17.6 Å². The number of anilines is 1. The van der Waals surface area contributed by atoms with E-state index in [9.17, 15) is 9.59 Å². The van der Waals surface area contributed by atoms with E-state index in [1.165, 1.54) is 23.3 Å². The number of carbonyl (C=O) groups excluding carboxylic acids is 2. The van der Waals surface area contributed by atoms with Crippen LogP contribution in [0.2, 0.25) is 0 Å². The van der Waals surface area contributed by atoms with Gasteiger partial charge < -0.3 is 15.7 Å². The number of hydrogen-bond donors (Lipinski definition) is 3. The third kappa shape index (κ3) is 3.42. The van der Waals surface area contributed by atoms with Crippen molar-refractivity contribution in [3.8, 4) is 0 Å². The van der Waals surface area contributed by atoms with Crippen molar-refractivity contribution in [2.45, 2.75) is 0 Å². The zero-order chi connectivity index (χ0) is 14.4. The summed E-state index contributed by atoms with van der Waals surface area (Å²) in [5, 5.41) is 13.8. The van der Waals surface area contributed by atoms with Gasteiger partial charge in [-0.05, 0) is 24.3 Å². The highest BCUT2D eigenvalue weighted by Gasteiger charge is 2.06. The number of imidazole rings is 1. The molecule has 2 aromatic rings. The highest BCUT2D eigenvalue weighted by atomic mass is 16.3. The van der Waals surface area contributed by atoms with Gasteiger partial charge in [-0.25, -0.2) is 9.78 Å². The standard InChI is InChI=1S/C13H14N4O3/c18-8-6-15-12(19)10-1-3-11(4-2-10)16-13(20)17-7-5-14-9-17/h1-5,7,9,18H,6,8H2,(H,15,19)(H,16,20). The van der Waals surface area contributed by atoms with E-state index in [0.717, 1.165) is 0 Å². The van der Waals surface area contributed by atoms with Crippen LogP contribution in [-0.4, -0.2) is 39.7 Å². The maximum absolute atomic E-state index is 11.7. The molecule has 0 bridgehead atoms. The topological polar surface area (TPSA) is 96.3 Å². The number of rotatable bonds is 4. The van der Waals surface area contributed by atoms with Crippen LogP contribution in [0.15, 0.2) is 43.0 Å². The zero-order valence-corrected chi connectivity index (χ0v) is 10.6. The summed E-state index contributed by atoms with van der Waals surface area (Å²) in [5.74, 6) is -0.272. The molecule has 0 aliphatic rings. The van der Waals surface area contributed by atoms with Gasteiger partial charge in [0.1, 0.15) is 6.33 Å². The van der Waals surface area contributed by atoms with E-state index >= 15 is 0 Å². The summed E-state index contributed by atoms with van der Waals surface area (Å²) in [6, 6.07) is 6.11. The van der Waals surface area contributed by atoms with Gasteiger partial charge >= 0.3 is 6.03 Å². The minimum Gasteiger partial charge on any atom is -0.395 e. The number of aliphatic hydroxyl groups excluding tert-OH is 1. The van der Waals surface area contributed by atoms with Crippen molar-refractivity contribution in [1.82, 2.24) is 14.9 Å². The lowest BCUT2D eigenvalue weighted by Gasteiger charge is -2.07. The van der Waals surface area contributed by atoms with Crippen molar-refractivity contribution in [3.05, 3.63) is 48.5 Å². The molecule has 3 N–H and O–H groups in total. The van der Waals surface area contributed by atoms with Gasteiger partial charge in [0.2, 0.25) is 0 Å². The van der Waals surface area contributed by atoms with Crippen LogP contribution < -0.4 is 10.6 Å². The molecule has 0 radical (unpaired) electrons. The molecule has 7 heteroatoms. The molecule has 0 atom stereocenters. The SMILES string of the molecule is O=C(NCCO)c1ccc(NC(=O)n2ccnc2)cc1. The average Bonchev–Trinajstić information content (AvgIpc) is 3.00. The fraction of sp³-hybridized carbons (Fsp3) is 0.154. The highest BCUT2D eigenvalue weighted by Crippen LogP contribution is 2.10. The summed E-state index contributed by atoms with van der Waals surface area (Å²) in [6.07, 6.45) is 4.44. The smallest absolute Gasteiger partial charge is 0.331 e. The van der Waals surface area contributed by atoms with Gasteiger partial charge in [-0.15, -0.1) is 0 Å². The van der Waals surface area contributed by atoms with Gasteiger partial charge in [0.25, 0.3) is 5.91 Å². The number of carbonyl (C=O) groups is 2. The van der Waals surface area contributed by atoms with Gasteiger partial charge in [0, 0.05) is 30.2 Å². The van der Waals surface area contributed by atoms with E-state index in [1.807, 2.05) is 0 Å². The Morgan fingerprint density at radius 2 is 2.00 bits per heavy atom. The summed E-state index contributed by atoms with van der Waals surface area (Å²) in [5.41, 5.74) is 1.03. The molecule has 0 aliphatic heterocycles. The number of nitrogens with zero attached hydrogens (tertiary/aromatic N) is 2. The van der Waals surface area contributed by atoms with Crippen LogP contribution >= 0.6 is 0 Å². The van der Waals surface area contributed by atoms with Crippen LogP contribution in [0.25, 0.3) is 0 Å². The Balaban J connectivity index is 1.98. The van der Waals surface area contributed by atoms with Crippen LogP contribution in [0.3, 0.4) is 0 Å². The second-order valence-electron chi connectivity index (χ2n) is 3.96. The van der Waals surface area contributed by atoms with Crippen molar-refractivity contribution in [2.24, 2.45) is 0 Å². The number of nitrogens with one attached hydrogen (secondary N) is 2. The van der Waals surface area contributed by atoms with Gasteiger partial charge in [0.15, 0.2) is 0 Å². The summed E-state index contributed by atoms with van der Waals surface area (Å²) in [4.78, 5) is 27.1. The van der Waals surface area contributed by atoms with Crippen molar-refractivity contribution < 1.29 is 14.7 Å². The Bertz CT molecular complexity index is 578. The molecule has 1 aromatic heterocycles. The summed E-state index contributed by atoms with van der Waals surface area (Å²) in [7, 11) is 0. The lowest BCUT2D eigenvalue weighted by Crippen LogP contribution is -2.26. The Hall–Kier alpha value is -2.67. The molecule has 2 amide bonds. The molecule has 1 heterocycles. The van der Waals surface area contributed by atoms with E-state index in [4.69, 9.17) is 5.11 Å². The average molecular weight is 274 g/mol. The molecule has 0 saturated heterocycles. The highest BCUT2D eigenvalue weighted by molar-refractivity contribution is 5.95.